The predicted octanol–water partition coefficient (Wildman–Crippen LogP) is 2.38. The molecule has 2 heterocycles. The van der Waals surface area contributed by atoms with Crippen LogP contribution in [0.3, 0.4) is 0 Å². The highest BCUT2D eigenvalue weighted by atomic mass is 16.5. The van der Waals surface area contributed by atoms with Gasteiger partial charge in [0.25, 0.3) is 0 Å². The number of terminal acetylenes is 1. The van der Waals surface area contributed by atoms with Gasteiger partial charge >= 0.3 is 0 Å². The Morgan fingerprint density at radius 2 is 2.12 bits per heavy atom. The third-order valence-electron chi connectivity index (χ3n) is 3.84. The molecular formula is C18H14N6O. The van der Waals surface area contributed by atoms with E-state index in [1.807, 2.05) is 43.4 Å². The monoisotopic (exact) mass is 330 g/mol. The minimum absolute atomic E-state index is 0.514. The Kier molecular flexibility index (Phi) is 3.63. The first-order valence-electron chi connectivity index (χ1n) is 7.62. The van der Waals surface area contributed by atoms with E-state index in [0.29, 0.717) is 18.0 Å². The van der Waals surface area contributed by atoms with Gasteiger partial charge in [0.1, 0.15) is 29.7 Å². The molecule has 4 rings (SSSR count). The Bertz CT molecular complexity index is 1070. The predicted molar refractivity (Wildman–Crippen MR) is 92.1 cm³/mol. The lowest BCUT2D eigenvalue weighted by atomic mass is 10.1. The molecule has 0 saturated heterocycles. The number of aromatic nitrogens is 6. The number of ether oxygens (including phenoxy) is 1. The summed E-state index contributed by atoms with van der Waals surface area (Å²) in [5.74, 6) is 4.06. The molecule has 0 bridgehead atoms. The molecular weight excluding hydrogens is 316 g/mol. The molecule has 0 spiro atoms. The molecule has 4 aromatic rings. The first-order valence-corrected chi connectivity index (χ1v) is 7.62. The minimum Gasteiger partial charge on any atom is -0.457 e. The maximum Gasteiger partial charge on any atom is 0.137 e. The zero-order valence-electron chi connectivity index (χ0n) is 13.5. The summed E-state index contributed by atoms with van der Waals surface area (Å²) in [5.41, 5.74) is 3.42. The zero-order valence-corrected chi connectivity index (χ0v) is 13.5. The van der Waals surface area contributed by atoms with E-state index in [-0.39, 0.29) is 0 Å². The first kappa shape index (κ1) is 14.9. The van der Waals surface area contributed by atoms with Crippen molar-refractivity contribution in [2.45, 2.75) is 6.54 Å². The average molecular weight is 330 g/mol. The average Bonchev–Trinajstić information content (AvgIpc) is 3.27. The van der Waals surface area contributed by atoms with Gasteiger partial charge in [-0.25, -0.2) is 14.3 Å². The third-order valence-corrected chi connectivity index (χ3v) is 3.84. The van der Waals surface area contributed by atoms with E-state index in [9.17, 15) is 0 Å². The molecule has 0 saturated carbocycles. The van der Waals surface area contributed by atoms with E-state index in [1.54, 1.807) is 15.7 Å². The van der Waals surface area contributed by atoms with Gasteiger partial charge in [0.2, 0.25) is 0 Å². The summed E-state index contributed by atoms with van der Waals surface area (Å²) in [5, 5.41) is 12.2. The molecule has 0 N–H and O–H groups in total. The van der Waals surface area contributed by atoms with E-state index in [4.69, 9.17) is 11.2 Å². The number of hydrogen-bond acceptors (Lipinski definition) is 5. The second-order valence-electron chi connectivity index (χ2n) is 5.53. The molecule has 0 atom stereocenters. The van der Waals surface area contributed by atoms with E-state index in [1.165, 1.54) is 6.33 Å². The van der Waals surface area contributed by atoms with Crippen molar-refractivity contribution in [2.75, 3.05) is 0 Å². The summed E-state index contributed by atoms with van der Waals surface area (Å²) < 4.78 is 9.52. The summed E-state index contributed by atoms with van der Waals surface area (Å²) in [4.78, 5) is 3.97. The Balaban J connectivity index is 1.70. The normalized spacial score (nSPS) is 10.7. The summed E-state index contributed by atoms with van der Waals surface area (Å²) in [6.45, 7) is 0.514. The fraction of sp³-hybridized carbons (Fsp3) is 0.111. The molecule has 0 aliphatic heterocycles. The van der Waals surface area contributed by atoms with Crippen LogP contribution < -0.4 is 4.74 Å². The molecule has 0 radical (unpaired) electrons. The Morgan fingerprint density at radius 1 is 1.20 bits per heavy atom. The number of benzene rings is 2. The van der Waals surface area contributed by atoms with Crippen molar-refractivity contribution < 1.29 is 4.74 Å². The van der Waals surface area contributed by atoms with Gasteiger partial charge in [0.15, 0.2) is 0 Å². The van der Waals surface area contributed by atoms with Crippen LogP contribution in [-0.2, 0) is 13.6 Å². The van der Waals surface area contributed by atoms with Crippen LogP contribution in [0.4, 0.5) is 0 Å². The molecule has 7 heteroatoms. The van der Waals surface area contributed by atoms with Crippen molar-refractivity contribution in [3.8, 4) is 23.8 Å². The zero-order chi connectivity index (χ0) is 17.2. The maximum absolute atomic E-state index is 6.09. The van der Waals surface area contributed by atoms with Crippen LogP contribution in [0.15, 0.2) is 49.1 Å². The fourth-order valence-corrected chi connectivity index (χ4v) is 2.58. The Labute approximate surface area is 143 Å². The molecule has 0 aliphatic carbocycles. The summed E-state index contributed by atoms with van der Waals surface area (Å²) in [7, 11) is 1.84. The van der Waals surface area contributed by atoms with Gasteiger partial charge in [0.05, 0.1) is 12.1 Å². The van der Waals surface area contributed by atoms with Gasteiger partial charge in [-0.15, -0.1) is 11.5 Å². The van der Waals surface area contributed by atoms with Crippen LogP contribution in [0.25, 0.3) is 11.0 Å². The van der Waals surface area contributed by atoms with Gasteiger partial charge in [0, 0.05) is 24.2 Å². The molecule has 0 fully saturated rings. The summed E-state index contributed by atoms with van der Waals surface area (Å²) >= 11 is 0. The lowest BCUT2D eigenvalue weighted by Gasteiger charge is -2.12. The number of fused-ring (bicyclic) bond motifs is 1. The highest BCUT2D eigenvalue weighted by molar-refractivity contribution is 5.76. The second kappa shape index (κ2) is 6.09. The molecule has 25 heavy (non-hydrogen) atoms. The van der Waals surface area contributed by atoms with Crippen molar-refractivity contribution in [2.24, 2.45) is 7.05 Å². The van der Waals surface area contributed by atoms with Crippen LogP contribution in [-0.4, -0.2) is 29.8 Å². The molecule has 2 aromatic heterocycles. The highest BCUT2D eigenvalue weighted by Crippen LogP contribution is 2.28. The molecule has 122 valence electrons. The number of hydrogen-bond donors (Lipinski definition) is 0. The van der Waals surface area contributed by atoms with Gasteiger partial charge in [-0.05, 0) is 30.3 Å². The van der Waals surface area contributed by atoms with E-state index in [2.05, 4.69) is 26.3 Å². The van der Waals surface area contributed by atoms with Crippen molar-refractivity contribution in [3.05, 3.63) is 60.2 Å². The smallest absolute Gasteiger partial charge is 0.137 e. The molecule has 2 aromatic carbocycles. The number of nitrogens with zero attached hydrogens (tertiary/aromatic N) is 6. The van der Waals surface area contributed by atoms with E-state index >= 15 is 0 Å². The second-order valence-corrected chi connectivity index (χ2v) is 5.53. The van der Waals surface area contributed by atoms with Crippen molar-refractivity contribution in [3.63, 3.8) is 0 Å². The number of aryl methyl sites for hydroxylation is 1. The van der Waals surface area contributed by atoms with Crippen LogP contribution in [0.2, 0.25) is 0 Å². The molecule has 7 nitrogen and oxygen atoms in total. The van der Waals surface area contributed by atoms with Crippen LogP contribution in [0.1, 0.15) is 11.1 Å². The Hall–Kier alpha value is -3.66. The van der Waals surface area contributed by atoms with Crippen LogP contribution in [0.5, 0.6) is 11.5 Å². The lowest BCUT2D eigenvalue weighted by molar-refractivity contribution is 0.472. The standard InChI is InChI=1S/C18H14N6O/c1-3-13-4-7-18(14(8-13)10-24-12-19-11-20-24)25-15-5-6-16-17(9-15)23(2)22-21-16/h1,4-9,11-12H,10H2,2H3. The molecule has 0 amide bonds. The summed E-state index contributed by atoms with van der Waals surface area (Å²) in [6.07, 6.45) is 8.67. The van der Waals surface area contributed by atoms with Gasteiger partial charge in [-0.3, -0.25) is 0 Å². The van der Waals surface area contributed by atoms with Crippen LogP contribution >= 0.6 is 0 Å². The van der Waals surface area contributed by atoms with Crippen molar-refractivity contribution in [1.82, 2.24) is 29.8 Å². The largest absolute Gasteiger partial charge is 0.457 e. The first-order chi connectivity index (χ1) is 12.2. The van der Waals surface area contributed by atoms with Crippen LogP contribution in [0, 0.1) is 12.3 Å². The highest BCUT2D eigenvalue weighted by Gasteiger charge is 2.10. The van der Waals surface area contributed by atoms with E-state index < -0.39 is 0 Å². The van der Waals surface area contributed by atoms with Crippen molar-refractivity contribution in [1.29, 1.82) is 0 Å². The fourth-order valence-electron chi connectivity index (χ4n) is 2.58. The van der Waals surface area contributed by atoms with E-state index in [0.717, 1.165) is 22.2 Å². The van der Waals surface area contributed by atoms with Gasteiger partial charge < -0.3 is 4.74 Å². The molecule has 0 unspecified atom stereocenters. The third kappa shape index (κ3) is 2.93. The van der Waals surface area contributed by atoms with Crippen molar-refractivity contribution >= 4 is 11.0 Å². The topological polar surface area (TPSA) is 70.7 Å². The molecule has 0 aliphatic rings. The quantitative estimate of drug-likeness (QED) is 0.537. The van der Waals surface area contributed by atoms with Gasteiger partial charge in [-0.2, -0.15) is 5.10 Å². The van der Waals surface area contributed by atoms with Gasteiger partial charge in [-0.1, -0.05) is 11.1 Å². The maximum atomic E-state index is 6.09. The Morgan fingerprint density at radius 3 is 2.92 bits per heavy atom. The lowest BCUT2D eigenvalue weighted by Crippen LogP contribution is -2.02. The number of rotatable bonds is 4. The summed E-state index contributed by atoms with van der Waals surface area (Å²) in [6, 6.07) is 11.3. The minimum atomic E-state index is 0.514. The SMILES string of the molecule is C#Cc1ccc(Oc2ccc3nnn(C)c3c2)c(Cn2cncn2)c1.